The van der Waals surface area contributed by atoms with Gasteiger partial charge in [-0.25, -0.2) is 4.98 Å². The van der Waals surface area contributed by atoms with Crippen LogP contribution >= 0.6 is 23.4 Å². The van der Waals surface area contributed by atoms with Crippen LogP contribution in [0.15, 0.2) is 59.6 Å². The minimum absolute atomic E-state index is 0.105. The highest BCUT2D eigenvalue weighted by Gasteiger charge is 2.19. The quantitative estimate of drug-likeness (QED) is 0.470. The van der Waals surface area contributed by atoms with E-state index in [0.717, 1.165) is 11.3 Å². The van der Waals surface area contributed by atoms with Gasteiger partial charge in [-0.3, -0.25) is 9.59 Å². The van der Waals surface area contributed by atoms with Crippen LogP contribution in [0.5, 0.6) is 5.75 Å². The normalized spacial score (nSPS) is 10.5. The zero-order valence-electron chi connectivity index (χ0n) is 17.4. The van der Waals surface area contributed by atoms with E-state index in [1.54, 1.807) is 43.5 Å². The lowest BCUT2D eigenvalue weighted by atomic mass is 10.1. The molecule has 0 saturated heterocycles. The summed E-state index contributed by atoms with van der Waals surface area (Å²) in [4.78, 5) is 30.0. The number of methoxy groups -OCH3 is 1. The minimum Gasteiger partial charge on any atom is -0.495 e. The Morgan fingerprint density at radius 3 is 2.48 bits per heavy atom. The fourth-order valence-corrected chi connectivity index (χ4v) is 4.05. The number of carbonyl (C=O) groups excluding carboxylic acids is 2. The second-order valence-corrected chi connectivity index (χ2v) is 8.16. The molecule has 0 spiro atoms. The van der Waals surface area contributed by atoms with E-state index in [9.17, 15) is 9.59 Å². The summed E-state index contributed by atoms with van der Waals surface area (Å²) in [6.07, 6.45) is 0. The zero-order valence-corrected chi connectivity index (χ0v) is 18.9. The number of hydrogen-bond donors (Lipinski definition) is 2. The van der Waals surface area contributed by atoms with Gasteiger partial charge in [0.05, 0.1) is 24.1 Å². The van der Waals surface area contributed by atoms with Crippen molar-refractivity contribution in [2.75, 3.05) is 23.5 Å². The molecule has 3 aromatic rings. The van der Waals surface area contributed by atoms with E-state index in [4.69, 9.17) is 16.3 Å². The number of thioether (sulfide) groups is 1. The van der Waals surface area contributed by atoms with Gasteiger partial charge in [-0.1, -0.05) is 35.5 Å². The van der Waals surface area contributed by atoms with Crippen LogP contribution in [0.1, 0.15) is 21.6 Å². The maximum Gasteiger partial charge on any atom is 0.258 e. The standard InChI is InChI=1S/C23H22ClN3O3S/c1-14-12-15(2)25-23(31-13-20(28)26-17-10-8-16(24)9-11-17)21(14)22(29)27-18-6-4-5-7-19(18)30-3/h4-12H,13H2,1-3H3,(H,26,28)(H,27,29). The summed E-state index contributed by atoms with van der Waals surface area (Å²) in [5.41, 5.74) is 3.19. The summed E-state index contributed by atoms with van der Waals surface area (Å²) in [6.45, 7) is 3.70. The van der Waals surface area contributed by atoms with Crippen molar-refractivity contribution in [1.29, 1.82) is 0 Å². The minimum atomic E-state index is -0.310. The summed E-state index contributed by atoms with van der Waals surface area (Å²) >= 11 is 7.09. The highest BCUT2D eigenvalue weighted by Crippen LogP contribution is 2.28. The predicted molar refractivity (Wildman–Crippen MR) is 125 cm³/mol. The van der Waals surface area contributed by atoms with Crippen molar-refractivity contribution in [3.05, 3.63) is 76.4 Å². The Morgan fingerprint density at radius 1 is 1.06 bits per heavy atom. The van der Waals surface area contributed by atoms with Gasteiger partial charge >= 0.3 is 0 Å². The molecule has 0 unspecified atom stereocenters. The van der Waals surface area contributed by atoms with Crippen molar-refractivity contribution in [3.63, 3.8) is 0 Å². The molecule has 0 aliphatic carbocycles. The van der Waals surface area contributed by atoms with E-state index in [2.05, 4.69) is 15.6 Å². The van der Waals surface area contributed by atoms with Crippen LogP contribution in [-0.2, 0) is 4.79 Å². The van der Waals surface area contributed by atoms with Crippen molar-refractivity contribution >= 4 is 46.6 Å². The average Bonchev–Trinajstić information content (AvgIpc) is 2.73. The first-order valence-corrected chi connectivity index (χ1v) is 10.8. The third kappa shape index (κ3) is 5.99. The Labute approximate surface area is 190 Å². The first-order chi connectivity index (χ1) is 14.9. The number of para-hydroxylation sites is 2. The van der Waals surface area contributed by atoms with Crippen LogP contribution in [0, 0.1) is 13.8 Å². The van der Waals surface area contributed by atoms with Gasteiger partial charge in [-0.2, -0.15) is 0 Å². The van der Waals surface area contributed by atoms with Crippen LogP contribution in [0.4, 0.5) is 11.4 Å². The number of aryl methyl sites for hydroxylation is 2. The SMILES string of the molecule is COc1ccccc1NC(=O)c1c(C)cc(C)nc1SCC(=O)Nc1ccc(Cl)cc1. The number of anilines is 2. The predicted octanol–water partition coefficient (Wildman–Crippen LogP) is 5.34. The first-order valence-electron chi connectivity index (χ1n) is 9.48. The van der Waals surface area contributed by atoms with Gasteiger partial charge < -0.3 is 15.4 Å². The molecule has 1 heterocycles. The number of carbonyl (C=O) groups is 2. The van der Waals surface area contributed by atoms with E-state index < -0.39 is 0 Å². The van der Waals surface area contributed by atoms with Crippen LogP contribution in [0.3, 0.4) is 0 Å². The van der Waals surface area contributed by atoms with Crippen molar-refractivity contribution in [2.24, 2.45) is 0 Å². The molecule has 1 aromatic heterocycles. The maximum atomic E-state index is 13.1. The summed E-state index contributed by atoms with van der Waals surface area (Å²) in [5, 5.41) is 6.78. The van der Waals surface area contributed by atoms with Gasteiger partial charge in [0.1, 0.15) is 10.8 Å². The number of amides is 2. The number of hydrogen-bond acceptors (Lipinski definition) is 5. The number of nitrogens with one attached hydrogen (secondary N) is 2. The molecular weight excluding hydrogens is 434 g/mol. The number of aromatic nitrogens is 1. The molecule has 0 atom stereocenters. The summed E-state index contributed by atoms with van der Waals surface area (Å²) in [6, 6.07) is 15.9. The molecule has 2 N–H and O–H groups in total. The maximum absolute atomic E-state index is 13.1. The lowest BCUT2D eigenvalue weighted by Crippen LogP contribution is -2.18. The van der Waals surface area contributed by atoms with Gasteiger partial charge in [0.15, 0.2) is 0 Å². The monoisotopic (exact) mass is 455 g/mol. The molecule has 0 fully saturated rings. The molecule has 2 amide bonds. The molecule has 31 heavy (non-hydrogen) atoms. The molecule has 3 rings (SSSR count). The third-order valence-corrected chi connectivity index (χ3v) is 5.59. The summed E-state index contributed by atoms with van der Waals surface area (Å²) < 4.78 is 5.31. The van der Waals surface area contributed by atoms with Crippen LogP contribution in [-0.4, -0.2) is 29.7 Å². The fourth-order valence-electron chi connectivity index (χ4n) is 2.98. The molecule has 160 valence electrons. The highest BCUT2D eigenvalue weighted by molar-refractivity contribution is 8.00. The Kier molecular flexibility index (Phi) is 7.55. The highest BCUT2D eigenvalue weighted by atomic mass is 35.5. The Morgan fingerprint density at radius 2 is 1.77 bits per heavy atom. The van der Waals surface area contributed by atoms with Crippen LogP contribution in [0.25, 0.3) is 0 Å². The second-order valence-electron chi connectivity index (χ2n) is 6.76. The van der Waals surface area contributed by atoms with Crippen molar-refractivity contribution in [2.45, 2.75) is 18.9 Å². The smallest absolute Gasteiger partial charge is 0.258 e. The second kappa shape index (κ2) is 10.3. The van der Waals surface area contributed by atoms with Crippen molar-refractivity contribution < 1.29 is 14.3 Å². The van der Waals surface area contributed by atoms with Crippen molar-refractivity contribution in [3.8, 4) is 5.75 Å². The Balaban J connectivity index is 1.76. The van der Waals surface area contributed by atoms with E-state index in [-0.39, 0.29) is 17.6 Å². The fraction of sp³-hybridized carbons (Fsp3) is 0.174. The first kappa shape index (κ1) is 22.7. The van der Waals surface area contributed by atoms with E-state index in [1.807, 2.05) is 32.0 Å². The molecular formula is C23H22ClN3O3S. The molecule has 0 radical (unpaired) electrons. The van der Waals surface area contributed by atoms with E-state index >= 15 is 0 Å². The van der Waals surface area contributed by atoms with Gasteiger partial charge in [0, 0.05) is 16.4 Å². The number of halogens is 1. The summed E-state index contributed by atoms with van der Waals surface area (Å²) in [7, 11) is 1.55. The Hall–Kier alpha value is -3.03. The molecule has 0 aliphatic heterocycles. The lowest BCUT2D eigenvalue weighted by molar-refractivity contribution is -0.113. The van der Waals surface area contributed by atoms with E-state index in [0.29, 0.717) is 32.7 Å². The van der Waals surface area contributed by atoms with Crippen LogP contribution < -0.4 is 15.4 Å². The molecule has 0 aliphatic rings. The zero-order chi connectivity index (χ0) is 22.4. The molecule has 0 saturated carbocycles. The van der Waals surface area contributed by atoms with Gasteiger partial charge in [-0.15, -0.1) is 0 Å². The molecule has 8 heteroatoms. The number of ether oxygens (including phenoxy) is 1. The topological polar surface area (TPSA) is 80.3 Å². The average molecular weight is 456 g/mol. The summed E-state index contributed by atoms with van der Waals surface area (Å²) in [5.74, 6) is 0.151. The molecule has 0 bridgehead atoms. The number of pyridine rings is 1. The van der Waals surface area contributed by atoms with Gasteiger partial charge in [-0.05, 0) is 61.9 Å². The molecule has 2 aromatic carbocycles. The lowest BCUT2D eigenvalue weighted by Gasteiger charge is -2.14. The van der Waals surface area contributed by atoms with E-state index in [1.165, 1.54) is 11.8 Å². The number of rotatable bonds is 7. The van der Waals surface area contributed by atoms with Crippen LogP contribution in [0.2, 0.25) is 5.02 Å². The number of benzene rings is 2. The Bertz CT molecular complexity index is 1100. The van der Waals surface area contributed by atoms with Crippen molar-refractivity contribution in [1.82, 2.24) is 4.98 Å². The largest absolute Gasteiger partial charge is 0.495 e. The van der Waals surface area contributed by atoms with Gasteiger partial charge in [0.25, 0.3) is 5.91 Å². The van der Waals surface area contributed by atoms with Gasteiger partial charge in [0.2, 0.25) is 5.91 Å². The third-order valence-electron chi connectivity index (χ3n) is 4.36. The number of nitrogens with zero attached hydrogens (tertiary/aromatic N) is 1. The molecule has 6 nitrogen and oxygen atoms in total.